The molecule has 0 saturated carbocycles. The molecule has 2 aliphatic heterocycles. The number of hydrogen-bond acceptors (Lipinski definition) is 2. The molecule has 1 aromatic carbocycles. The number of hydrogen-bond donors (Lipinski definition) is 1. The molecule has 0 aromatic heterocycles. The Morgan fingerprint density at radius 1 is 1.38 bits per heavy atom. The molecule has 2 nitrogen and oxygen atoms in total. The van der Waals surface area contributed by atoms with Crippen LogP contribution in [0.25, 0.3) is 0 Å². The van der Waals surface area contributed by atoms with E-state index in [1.54, 1.807) is 12.1 Å². The minimum Gasteiger partial charge on any atom is -0.384 e. The zero-order chi connectivity index (χ0) is 11.0. The van der Waals surface area contributed by atoms with Gasteiger partial charge >= 0.3 is 0 Å². The third-order valence-corrected chi connectivity index (χ3v) is 3.63. The summed E-state index contributed by atoms with van der Waals surface area (Å²) in [6, 6.07) is 5.08. The lowest BCUT2D eigenvalue weighted by Gasteiger charge is -2.36. The zero-order valence-corrected chi connectivity index (χ0v) is 9.38. The lowest BCUT2D eigenvalue weighted by Crippen LogP contribution is -2.43. The summed E-state index contributed by atoms with van der Waals surface area (Å²) in [4.78, 5) is 2.50. The largest absolute Gasteiger partial charge is 0.384 e. The third kappa shape index (κ3) is 1.92. The highest BCUT2D eigenvalue weighted by Gasteiger charge is 2.23. The summed E-state index contributed by atoms with van der Waals surface area (Å²) in [5.74, 6) is 0.533. The average Bonchev–Trinajstić information content (AvgIpc) is 2.23. The molecule has 16 heavy (non-hydrogen) atoms. The number of nitrogens with zero attached hydrogens (tertiary/aromatic N) is 1. The molecule has 1 fully saturated rings. The van der Waals surface area contributed by atoms with E-state index < -0.39 is 0 Å². The van der Waals surface area contributed by atoms with E-state index in [1.165, 1.54) is 31.6 Å². The summed E-state index contributed by atoms with van der Waals surface area (Å²) >= 11 is 0. The van der Waals surface area contributed by atoms with Crippen molar-refractivity contribution in [3.05, 3.63) is 29.6 Å². The van der Waals surface area contributed by atoms with Gasteiger partial charge in [-0.2, -0.15) is 0 Å². The number of nitrogens with one attached hydrogen (secondary N) is 1. The molecule has 0 aliphatic carbocycles. The predicted octanol–water partition coefficient (Wildman–Crippen LogP) is 2.12. The maximum atomic E-state index is 13.0. The smallest absolute Gasteiger partial charge is 0.125 e. The van der Waals surface area contributed by atoms with Crippen molar-refractivity contribution in [2.24, 2.45) is 5.92 Å². The second-order valence-corrected chi connectivity index (χ2v) is 4.91. The molecule has 3 rings (SSSR count). The summed E-state index contributed by atoms with van der Waals surface area (Å²) in [5.41, 5.74) is 2.25. The maximum Gasteiger partial charge on any atom is 0.125 e. The molecule has 1 saturated heterocycles. The Hall–Kier alpha value is -1.09. The predicted molar refractivity (Wildman–Crippen MR) is 63.1 cm³/mol. The van der Waals surface area contributed by atoms with E-state index in [-0.39, 0.29) is 5.82 Å². The molecule has 86 valence electrons. The molecule has 0 bridgehead atoms. The van der Waals surface area contributed by atoms with E-state index in [0.717, 1.165) is 18.7 Å². The molecular formula is C13H17FN2. The first-order chi connectivity index (χ1) is 7.81. The average molecular weight is 220 g/mol. The van der Waals surface area contributed by atoms with Gasteiger partial charge in [0, 0.05) is 18.8 Å². The van der Waals surface area contributed by atoms with Gasteiger partial charge in [-0.15, -0.1) is 0 Å². The monoisotopic (exact) mass is 220 g/mol. The topological polar surface area (TPSA) is 15.3 Å². The second-order valence-electron chi connectivity index (χ2n) is 4.91. The third-order valence-electron chi connectivity index (χ3n) is 3.63. The van der Waals surface area contributed by atoms with E-state index in [1.807, 2.05) is 6.07 Å². The van der Waals surface area contributed by atoms with E-state index in [2.05, 4.69) is 10.2 Å². The molecule has 0 spiro atoms. The van der Waals surface area contributed by atoms with Crippen LogP contribution in [0.5, 0.6) is 0 Å². The first kappa shape index (κ1) is 10.1. The standard InChI is InChI=1S/C13H17FN2/c14-12-3-2-11-6-10(8-15-13(11)7-12)9-16-4-1-5-16/h2-3,7,10,15H,1,4-6,8-9H2. The fourth-order valence-electron chi connectivity index (χ4n) is 2.59. The number of anilines is 1. The minimum atomic E-state index is -0.146. The van der Waals surface area contributed by atoms with Crippen molar-refractivity contribution in [2.75, 3.05) is 31.5 Å². The number of rotatable bonds is 2. The normalized spacial score (nSPS) is 24.4. The van der Waals surface area contributed by atoms with Gasteiger partial charge in [0.25, 0.3) is 0 Å². The van der Waals surface area contributed by atoms with Crippen LogP contribution in [0.15, 0.2) is 18.2 Å². The van der Waals surface area contributed by atoms with Gasteiger partial charge in [-0.1, -0.05) is 6.07 Å². The molecule has 2 heterocycles. The van der Waals surface area contributed by atoms with E-state index in [4.69, 9.17) is 0 Å². The molecular weight excluding hydrogens is 203 g/mol. The van der Waals surface area contributed by atoms with Gasteiger partial charge in [0.15, 0.2) is 0 Å². The van der Waals surface area contributed by atoms with Gasteiger partial charge in [-0.25, -0.2) is 4.39 Å². The van der Waals surface area contributed by atoms with Crippen LogP contribution >= 0.6 is 0 Å². The quantitative estimate of drug-likeness (QED) is 0.821. The molecule has 1 aromatic rings. The van der Waals surface area contributed by atoms with E-state index in [9.17, 15) is 4.39 Å². The Balaban J connectivity index is 1.68. The van der Waals surface area contributed by atoms with Crippen LogP contribution < -0.4 is 5.32 Å². The number of halogens is 1. The summed E-state index contributed by atoms with van der Waals surface area (Å²) < 4.78 is 13.0. The van der Waals surface area contributed by atoms with Crippen LogP contribution in [-0.4, -0.2) is 31.1 Å². The van der Waals surface area contributed by atoms with Crippen molar-refractivity contribution >= 4 is 5.69 Å². The molecule has 2 aliphatic rings. The summed E-state index contributed by atoms with van der Waals surface area (Å²) in [7, 11) is 0. The van der Waals surface area contributed by atoms with Crippen LogP contribution in [0.2, 0.25) is 0 Å². The number of benzene rings is 1. The number of fused-ring (bicyclic) bond motifs is 1. The zero-order valence-electron chi connectivity index (χ0n) is 9.38. The highest BCUT2D eigenvalue weighted by atomic mass is 19.1. The van der Waals surface area contributed by atoms with Crippen molar-refractivity contribution in [1.29, 1.82) is 0 Å². The van der Waals surface area contributed by atoms with Crippen molar-refractivity contribution in [1.82, 2.24) is 4.90 Å². The van der Waals surface area contributed by atoms with Gasteiger partial charge in [-0.05, 0) is 49.5 Å². The van der Waals surface area contributed by atoms with E-state index in [0.29, 0.717) is 5.92 Å². The minimum absolute atomic E-state index is 0.146. The van der Waals surface area contributed by atoms with Gasteiger partial charge in [0.05, 0.1) is 0 Å². The van der Waals surface area contributed by atoms with Crippen LogP contribution in [0.3, 0.4) is 0 Å². The maximum absolute atomic E-state index is 13.0. The van der Waals surface area contributed by atoms with Crippen molar-refractivity contribution in [2.45, 2.75) is 12.8 Å². The molecule has 1 unspecified atom stereocenters. The Morgan fingerprint density at radius 2 is 2.25 bits per heavy atom. The molecule has 3 heteroatoms. The van der Waals surface area contributed by atoms with Gasteiger partial charge in [0.1, 0.15) is 5.82 Å². The summed E-state index contributed by atoms with van der Waals surface area (Å²) in [6.07, 6.45) is 2.43. The van der Waals surface area contributed by atoms with Crippen molar-refractivity contribution in [3.8, 4) is 0 Å². The van der Waals surface area contributed by atoms with Gasteiger partial charge in [-0.3, -0.25) is 0 Å². The highest BCUT2D eigenvalue weighted by molar-refractivity contribution is 5.53. The first-order valence-corrected chi connectivity index (χ1v) is 6.06. The molecule has 1 atom stereocenters. The van der Waals surface area contributed by atoms with Crippen LogP contribution in [-0.2, 0) is 6.42 Å². The first-order valence-electron chi connectivity index (χ1n) is 6.06. The Morgan fingerprint density at radius 3 is 3.00 bits per heavy atom. The van der Waals surface area contributed by atoms with Crippen LogP contribution in [0, 0.1) is 11.7 Å². The van der Waals surface area contributed by atoms with Gasteiger partial charge < -0.3 is 10.2 Å². The van der Waals surface area contributed by atoms with Crippen molar-refractivity contribution in [3.63, 3.8) is 0 Å². The fourth-order valence-corrected chi connectivity index (χ4v) is 2.59. The summed E-state index contributed by atoms with van der Waals surface area (Å²) in [5, 5.41) is 3.34. The number of likely N-dealkylation sites (tertiary alicyclic amines) is 1. The van der Waals surface area contributed by atoms with Gasteiger partial charge in [0.2, 0.25) is 0 Å². The lowest BCUT2D eigenvalue weighted by atomic mass is 9.93. The molecule has 0 radical (unpaired) electrons. The second kappa shape index (κ2) is 4.06. The van der Waals surface area contributed by atoms with E-state index >= 15 is 0 Å². The Bertz CT molecular complexity index is 388. The molecule has 1 N–H and O–H groups in total. The Kier molecular flexibility index (Phi) is 2.56. The SMILES string of the molecule is Fc1ccc2c(c1)NCC(CN1CCC1)C2. The fraction of sp³-hybridized carbons (Fsp3) is 0.538. The summed E-state index contributed by atoms with van der Waals surface area (Å²) in [6.45, 7) is 4.68. The van der Waals surface area contributed by atoms with Crippen LogP contribution in [0.4, 0.5) is 10.1 Å². The highest BCUT2D eigenvalue weighted by Crippen LogP contribution is 2.26. The molecule has 0 amide bonds. The van der Waals surface area contributed by atoms with Crippen molar-refractivity contribution < 1.29 is 4.39 Å². The lowest BCUT2D eigenvalue weighted by molar-refractivity contribution is 0.153. The Labute approximate surface area is 95.4 Å². The van der Waals surface area contributed by atoms with Crippen LogP contribution in [0.1, 0.15) is 12.0 Å².